The van der Waals surface area contributed by atoms with Gasteiger partial charge in [0.1, 0.15) is 0 Å². The predicted octanol–water partition coefficient (Wildman–Crippen LogP) is 1.30. The van der Waals surface area contributed by atoms with Gasteiger partial charge < -0.3 is 10.2 Å². The zero-order valence-electron chi connectivity index (χ0n) is 10.7. The summed E-state index contributed by atoms with van der Waals surface area (Å²) in [6.07, 6.45) is 0.399. The second-order valence-electron chi connectivity index (χ2n) is 4.27. The van der Waals surface area contributed by atoms with Crippen molar-refractivity contribution in [3.8, 4) is 6.07 Å². The average molecular weight is 248 g/mol. The predicted molar refractivity (Wildman–Crippen MR) is 69.9 cm³/mol. The number of nitriles is 1. The third-order valence-electron chi connectivity index (χ3n) is 2.81. The van der Waals surface area contributed by atoms with Crippen LogP contribution in [0.15, 0.2) is 24.3 Å². The molecule has 1 rings (SSSR count). The van der Waals surface area contributed by atoms with Gasteiger partial charge in [-0.2, -0.15) is 5.26 Å². The van der Waals surface area contributed by atoms with Gasteiger partial charge in [0.05, 0.1) is 24.3 Å². The molecule has 0 saturated heterocycles. The van der Waals surface area contributed by atoms with E-state index in [4.69, 9.17) is 10.4 Å². The van der Waals surface area contributed by atoms with Crippen molar-refractivity contribution in [3.63, 3.8) is 0 Å². The third kappa shape index (κ3) is 4.46. The number of hydrogen-bond acceptors (Lipinski definition) is 4. The van der Waals surface area contributed by atoms with Crippen molar-refractivity contribution < 1.29 is 10.2 Å². The number of nitrogens with zero attached hydrogens (tertiary/aromatic N) is 2. The van der Waals surface area contributed by atoms with Crippen LogP contribution < -0.4 is 0 Å². The van der Waals surface area contributed by atoms with Crippen LogP contribution in [-0.2, 0) is 0 Å². The van der Waals surface area contributed by atoms with Gasteiger partial charge in [-0.05, 0) is 30.7 Å². The summed E-state index contributed by atoms with van der Waals surface area (Å²) in [5.41, 5.74) is 1.39. The van der Waals surface area contributed by atoms with Crippen LogP contribution in [0.4, 0.5) is 0 Å². The van der Waals surface area contributed by atoms with E-state index in [1.807, 2.05) is 11.0 Å². The molecule has 0 radical (unpaired) electrons. The maximum absolute atomic E-state index is 10.1. The lowest BCUT2D eigenvalue weighted by Gasteiger charge is -2.23. The molecule has 4 heteroatoms. The molecule has 98 valence electrons. The average Bonchev–Trinajstić information content (AvgIpc) is 2.39. The largest absolute Gasteiger partial charge is 0.395 e. The normalized spacial score (nSPS) is 12.4. The SMILES string of the molecule is CCCN(CCO)CC(O)c1ccc(C#N)cc1. The Morgan fingerprint density at radius 1 is 1.28 bits per heavy atom. The van der Waals surface area contributed by atoms with E-state index in [0.29, 0.717) is 18.7 Å². The van der Waals surface area contributed by atoms with Crippen LogP contribution in [0.3, 0.4) is 0 Å². The van der Waals surface area contributed by atoms with Crippen molar-refractivity contribution in [1.29, 1.82) is 5.26 Å². The molecule has 0 heterocycles. The molecule has 1 aromatic carbocycles. The first kappa shape index (κ1) is 14.7. The first-order chi connectivity index (χ1) is 8.71. The van der Waals surface area contributed by atoms with Crippen molar-refractivity contribution in [1.82, 2.24) is 4.90 Å². The van der Waals surface area contributed by atoms with Crippen LogP contribution in [0.5, 0.6) is 0 Å². The first-order valence-electron chi connectivity index (χ1n) is 6.22. The molecule has 0 aliphatic rings. The molecule has 1 atom stereocenters. The molecule has 0 saturated carbocycles. The highest BCUT2D eigenvalue weighted by Crippen LogP contribution is 2.15. The lowest BCUT2D eigenvalue weighted by atomic mass is 10.1. The maximum Gasteiger partial charge on any atom is 0.0991 e. The lowest BCUT2D eigenvalue weighted by molar-refractivity contribution is 0.0998. The summed E-state index contributed by atoms with van der Waals surface area (Å²) in [5, 5.41) is 27.8. The van der Waals surface area contributed by atoms with Gasteiger partial charge in [0.25, 0.3) is 0 Å². The molecule has 0 bridgehead atoms. The van der Waals surface area contributed by atoms with Crippen LogP contribution in [0.1, 0.15) is 30.6 Å². The van der Waals surface area contributed by atoms with E-state index >= 15 is 0 Å². The van der Waals surface area contributed by atoms with E-state index < -0.39 is 6.10 Å². The summed E-state index contributed by atoms with van der Waals surface area (Å²) >= 11 is 0. The molecule has 0 aromatic heterocycles. The number of benzene rings is 1. The minimum atomic E-state index is -0.587. The molecular weight excluding hydrogens is 228 g/mol. The monoisotopic (exact) mass is 248 g/mol. The Kier molecular flexibility index (Phi) is 6.37. The van der Waals surface area contributed by atoms with Gasteiger partial charge >= 0.3 is 0 Å². The summed E-state index contributed by atoms with van der Waals surface area (Å²) in [5.74, 6) is 0. The van der Waals surface area contributed by atoms with E-state index in [-0.39, 0.29) is 6.61 Å². The molecule has 0 aliphatic carbocycles. The van der Waals surface area contributed by atoms with Gasteiger partial charge in [0.15, 0.2) is 0 Å². The van der Waals surface area contributed by atoms with Crippen LogP contribution in [-0.4, -0.2) is 41.4 Å². The summed E-state index contributed by atoms with van der Waals surface area (Å²) in [4.78, 5) is 2.03. The molecule has 0 amide bonds. The second kappa shape index (κ2) is 7.83. The Bertz CT molecular complexity index is 378. The fourth-order valence-electron chi connectivity index (χ4n) is 1.88. The Morgan fingerprint density at radius 2 is 1.94 bits per heavy atom. The molecule has 0 fully saturated rings. The van der Waals surface area contributed by atoms with Crippen molar-refractivity contribution in [2.75, 3.05) is 26.2 Å². The van der Waals surface area contributed by atoms with Crippen molar-refractivity contribution in [3.05, 3.63) is 35.4 Å². The Hall–Kier alpha value is -1.41. The molecule has 0 spiro atoms. The fraction of sp³-hybridized carbons (Fsp3) is 0.500. The molecule has 2 N–H and O–H groups in total. The molecule has 4 nitrogen and oxygen atoms in total. The Morgan fingerprint density at radius 3 is 2.44 bits per heavy atom. The van der Waals surface area contributed by atoms with E-state index in [9.17, 15) is 5.11 Å². The summed E-state index contributed by atoms with van der Waals surface area (Å²) in [6, 6.07) is 9.00. The summed E-state index contributed by atoms with van der Waals surface area (Å²) in [6.45, 7) is 4.09. The van der Waals surface area contributed by atoms with Crippen LogP contribution in [0.2, 0.25) is 0 Å². The summed E-state index contributed by atoms with van der Waals surface area (Å²) in [7, 11) is 0. The van der Waals surface area contributed by atoms with Gasteiger partial charge in [-0.15, -0.1) is 0 Å². The zero-order valence-corrected chi connectivity index (χ0v) is 10.7. The topological polar surface area (TPSA) is 67.5 Å². The van der Waals surface area contributed by atoms with Gasteiger partial charge in [-0.25, -0.2) is 0 Å². The molecular formula is C14H20N2O2. The van der Waals surface area contributed by atoms with E-state index in [2.05, 4.69) is 6.92 Å². The smallest absolute Gasteiger partial charge is 0.0991 e. The Labute approximate surface area is 108 Å². The number of rotatable bonds is 7. The highest BCUT2D eigenvalue weighted by Gasteiger charge is 2.12. The van der Waals surface area contributed by atoms with E-state index in [1.165, 1.54) is 0 Å². The second-order valence-corrected chi connectivity index (χ2v) is 4.27. The van der Waals surface area contributed by atoms with Gasteiger partial charge in [0.2, 0.25) is 0 Å². The van der Waals surface area contributed by atoms with Crippen LogP contribution in [0.25, 0.3) is 0 Å². The van der Waals surface area contributed by atoms with E-state index in [0.717, 1.165) is 18.5 Å². The fourth-order valence-corrected chi connectivity index (χ4v) is 1.88. The highest BCUT2D eigenvalue weighted by atomic mass is 16.3. The number of hydrogen-bond donors (Lipinski definition) is 2. The number of aliphatic hydroxyl groups is 2. The zero-order chi connectivity index (χ0) is 13.4. The molecule has 1 unspecified atom stereocenters. The third-order valence-corrected chi connectivity index (χ3v) is 2.81. The van der Waals surface area contributed by atoms with Gasteiger partial charge in [-0.1, -0.05) is 19.1 Å². The molecule has 0 aliphatic heterocycles. The molecule has 1 aromatic rings. The Balaban J connectivity index is 2.61. The van der Waals surface area contributed by atoms with Gasteiger partial charge in [0, 0.05) is 13.1 Å². The first-order valence-corrected chi connectivity index (χ1v) is 6.22. The number of aliphatic hydroxyl groups excluding tert-OH is 2. The minimum Gasteiger partial charge on any atom is -0.395 e. The lowest BCUT2D eigenvalue weighted by Crippen LogP contribution is -2.32. The highest BCUT2D eigenvalue weighted by molar-refractivity contribution is 5.32. The van der Waals surface area contributed by atoms with E-state index in [1.54, 1.807) is 24.3 Å². The molecule has 18 heavy (non-hydrogen) atoms. The quantitative estimate of drug-likeness (QED) is 0.763. The van der Waals surface area contributed by atoms with Gasteiger partial charge in [-0.3, -0.25) is 4.90 Å². The standard InChI is InChI=1S/C14H20N2O2/c1-2-7-16(8-9-17)11-14(18)13-5-3-12(10-15)4-6-13/h3-6,14,17-18H,2,7-9,11H2,1H3. The van der Waals surface area contributed by atoms with Crippen LogP contribution in [0, 0.1) is 11.3 Å². The van der Waals surface area contributed by atoms with Crippen molar-refractivity contribution in [2.45, 2.75) is 19.4 Å². The van der Waals surface area contributed by atoms with Crippen molar-refractivity contribution in [2.24, 2.45) is 0 Å². The van der Waals surface area contributed by atoms with Crippen LogP contribution >= 0.6 is 0 Å². The van der Waals surface area contributed by atoms with Crippen molar-refractivity contribution >= 4 is 0 Å². The maximum atomic E-state index is 10.1. The summed E-state index contributed by atoms with van der Waals surface area (Å²) < 4.78 is 0. The minimum absolute atomic E-state index is 0.0973.